The van der Waals surface area contributed by atoms with Gasteiger partial charge in [0.05, 0.1) is 10.6 Å². The number of halogens is 2. The molecule has 0 amide bonds. The van der Waals surface area contributed by atoms with Crippen LogP contribution in [0, 0.1) is 11.3 Å². The highest BCUT2D eigenvalue weighted by Crippen LogP contribution is 2.28. The van der Waals surface area contributed by atoms with Crippen molar-refractivity contribution in [3.8, 4) is 17.5 Å². The van der Waals surface area contributed by atoms with E-state index in [0.717, 1.165) is 0 Å². The minimum atomic E-state index is 0.475. The van der Waals surface area contributed by atoms with E-state index in [1.807, 2.05) is 0 Å². The predicted octanol–water partition coefficient (Wildman–Crippen LogP) is 3.57. The Morgan fingerprint density at radius 1 is 1.16 bits per heavy atom. The van der Waals surface area contributed by atoms with Gasteiger partial charge in [-0.1, -0.05) is 23.2 Å². The van der Waals surface area contributed by atoms with Crippen molar-refractivity contribution in [1.82, 2.24) is 14.6 Å². The topological polar surface area (TPSA) is 54.0 Å². The summed E-state index contributed by atoms with van der Waals surface area (Å²) in [6.07, 6.45) is 1.62. The van der Waals surface area contributed by atoms with Crippen LogP contribution < -0.4 is 0 Å². The summed E-state index contributed by atoms with van der Waals surface area (Å²) >= 11 is 12.1. The van der Waals surface area contributed by atoms with Gasteiger partial charge in [0.25, 0.3) is 0 Å². The summed E-state index contributed by atoms with van der Waals surface area (Å²) in [6.45, 7) is 0. The van der Waals surface area contributed by atoms with Crippen molar-refractivity contribution in [3.63, 3.8) is 0 Å². The van der Waals surface area contributed by atoms with E-state index in [9.17, 15) is 0 Å². The zero-order chi connectivity index (χ0) is 13.4. The molecule has 4 nitrogen and oxygen atoms in total. The summed E-state index contributed by atoms with van der Waals surface area (Å²) in [4.78, 5) is 4.36. The smallest absolute Gasteiger partial charge is 0.183 e. The second kappa shape index (κ2) is 4.54. The monoisotopic (exact) mass is 288 g/mol. The lowest BCUT2D eigenvalue weighted by Crippen LogP contribution is -1.88. The van der Waals surface area contributed by atoms with Gasteiger partial charge in [-0.25, -0.2) is 9.50 Å². The number of aromatic nitrogens is 3. The Balaban J connectivity index is 2.21. The molecule has 0 saturated heterocycles. The first kappa shape index (κ1) is 12.0. The van der Waals surface area contributed by atoms with Gasteiger partial charge in [-0.2, -0.15) is 5.26 Å². The van der Waals surface area contributed by atoms with Gasteiger partial charge >= 0.3 is 0 Å². The first-order valence-electron chi connectivity index (χ1n) is 5.39. The van der Waals surface area contributed by atoms with Crippen molar-refractivity contribution in [3.05, 3.63) is 52.1 Å². The van der Waals surface area contributed by atoms with Gasteiger partial charge in [0, 0.05) is 16.8 Å². The number of nitriles is 1. The molecule has 2 heterocycles. The Kier molecular flexibility index (Phi) is 2.86. The van der Waals surface area contributed by atoms with E-state index in [1.54, 1.807) is 41.0 Å². The van der Waals surface area contributed by atoms with Crippen molar-refractivity contribution in [2.24, 2.45) is 0 Å². The van der Waals surface area contributed by atoms with Crippen LogP contribution >= 0.6 is 23.2 Å². The standard InChI is InChI=1S/C13H6Cl2N4/c14-9-2-3-11(15)10(5-9)13-17-12-4-1-8(6-16)7-19(12)18-13/h1-5,7H. The lowest BCUT2D eigenvalue weighted by molar-refractivity contribution is 0.962. The molecule has 0 saturated carbocycles. The molecule has 0 atom stereocenters. The number of rotatable bonds is 1. The summed E-state index contributed by atoms with van der Waals surface area (Å²) in [5.41, 5.74) is 1.82. The summed E-state index contributed by atoms with van der Waals surface area (Å²) in [6, 6.07) is 10.6. The molecule has 0 aliphatic heterocycles. The molecular weight excluding hydrogens is 283 g/mol. The molecule has 0 spiro atoms. The minimum Gasteiger partial charge on any atom is -0.219 e. The minimum absolute atomic E-state index is 0.475. The quantitative estimate of drug-likeness (QED) is 0.688. The molecule has 0 radical (unpaired) electrons. The lowest BCUT2D eigenvalue weighted by atomic mass is 10.2. The molecule has 92 valence electrons. The number of hydrogen-bond acceptors (Lipinski definition) is 3. The Bertz CT molecular complexity index is 817. The zero-order valence-electron chi connectivity index (χ0n) is 9.51. The molecular formula is C13H6Cl2N4. The normalized spacial score (nSPS) is 10.6. The number of nitrogens with zero attached hydrogens (tertiary/aromatic N) is 4. The Hall–Kier alpha value is -2.09. The van der Waals surface area contributed by atoms with E-state index >= 15 is 0 Å². The van der Waals surface area contributed by atoms with Crippen LogP contribution in [0.25, 0.3) is 17.0 Å². The highest BCUT2D eigenvalue weighted by molar-refractivity contribution is 6.35. The van der Waals surface area contributed by atoms with Gasteiger partial charge in [0.15, 0.2) is 11.5 Å². The fraction of sp³-hybridized carbons (Fsp3) is 0. The summed E-state index contributed by atoms with van der Waals surface area (Å²) in [7, 11) is 0. The number of hydrogen-bond donors (Lipinski definition) is 0. The van der Waals surface area contributed by atoms with E-state index in [2.05, 4.69) is 16.2 Å². The largest absolute Gasteiger partial charge is 0.219 e. The number of fused-ring (bicyclic) bond motifs is 1. The molecule has 0 bridgehead atoms. The molecule has 2 aromatic heterocycles. The maximum Gasteiger partial charge on any atom is 0.183 e. The first-order valence-corrected chi connectivity index (χ1v) is 6.15. The van der Waals surface area contributed by atoms with Crippen LogP contribution in [-0.2, 0) is 0 Å². The molecule has 1 aromatic carbocycles. The fourth-order valence-electron chi connectivity index (χ4n) is 1.73. The molecule has 3 aromatic rings. The average molecular weight is 289 g/mol. The van der Waals surface area contributed by atoms with Gasteiger partial charge in [-0.3, -0.25) is 0 Å². The van der Waals surface area contributed by atoms with Crippen molar-refractivity contribution in [1.29, 1.82) is 5.26 Å². The van der Waals surface area contributed by atoms with E-state index in [4.69, 9.17) is 28.5 Å². The third kappa shape index (κ3) is 2.14. The first-order chi connectivity index (χ1) is 9.17. The second-order valence-corrected chi connectivity index (χ2v) is 4.74. The van der Waals surface area contributed by atoms with Crippen LogP contribution in [0.2, 0.25) is 10.0 Å². The van der Waals surface area contributed by atoms with Crippen LogP contribution in [0.5, 0.6) is 0 Å². The molecule has 0 aliphatic rings. The van der Waals surface area contributed by atoms with Crippen molar-refractivity contribution in [2.75, 3.05) is 0 Å². The number of pyridine rings is 1. The van der Waals surface area contributed by atoms with Gasteiger partial charge in [-0.05, 0) is 30.3 Å². The predicted molar refractivity (Wildman–Crippen MR) is 73.2 cm³/mol. The van der Waals surface area contributed by atoms with E-state index < -0.39 is 0 Å². The molecule has 19 heavy (non-hydrogen) atoms. The van der Waals surface area contributed by atoms with Crippen LogP contribution in [0.1, 0.15) is 5.56 Å². The Labute approximate surface area is 118 Å². The third-order valence-electron chi connectivity index (χ3n) is 2.63. The molecule has 0 fully saturated rings. The molecule has 3 rings (SSSR count). The Morgan fingerprint density at radius 3 is 2.79 bits per heavy atom. The van der Waals surface area contributed by atoms with Crippen LogP contribution in [0.4, 0.5) is 0 Å². The summed E-state index contributed by atoms with van der Waals surface area (Å²) in [5.74, 6) is 0.475. The highest BCUT2D eigenvalue weighted by Gasteiger charge is 2.11. The van der Waals surface area contributed by atoms with Gasteiger partial charge in [0.2, 0.25) is 0 Å². The molecule has 6 heteroatoms. The second-order valence-electron chi connectivity index (χ2n) is 3.89. The van der Waals surface area contributed by atoms with Crippen LogP contribution in [0.15, 0.2) is 36.5 Å². The van der Waals surface area contributed by atoms with E-state index in [0.29, 0.717) is 32.6 Å². The van der Waals surface area contributed by atoms with Gasteiger partial charge in [-0.15, -0.1) is 5.10 Å². The fourth-order valence-corrected chi connectivity index (χ4v) is 2.11. The SMILES string of the molecule is N#Cc1ccc2nc(-c3cc(Cl)ccc3Cl)nn2c1. The van der Waals surface area contributed by atoms with Crippen LogP contribution in [0.3, 0.4) is 0 Å². The van der Waals surface area contributed by atoms with Gasteiger partial charge in [0.1, 0.15) is 6.07 Å². The van der Waals surface area contributed by atoms with E-state index in [-0.39, 0.29) is 0 Å². The number of benzene rings is 1. The van der Waals surface area contributed by atoms with E-state index in [1.165, 1.54) is 0 Å². The third-order valence-corrected chi connectivity index (χ3v) is 3.19. The highest BCUT2D eigenvalue weighted by atomic mass is 35.5. The van der Waals surface area contributed by atoms with Crippen molar-refractivity contribution < 1.29 is 0 Å². The van der Waals surface area contributed by atoms with Crippen molar-refractivity contribution in [2.45, 2.75) is 0 Å². The lowest BCUT2D eigenvalue weighted by Gasteiger charge is -1.99. The molecule has 0 aliphatic carbocycles. The Morgan fingerprint density at radius 2 is 2.00 bits per heavy atom. The van der Waals surface area contributed by atoms with Crippen LogP contribution in [-0.4, -0.2) is 14.6 Å². The maximum absolute atomic E-state index is 8.85. The maximum atomic E-state index is 8.85. The van der Waals surface area contributed by atoms with Crippen molar-refractivity contribution >= 4 is 28.8 Å². The summed E-state index contributed by atoms with van der Waals surface area (Å²) < 4.78 is 1.55. The molecule has 0 N–H and O–H groups in total. The van der Waals surface area contributed by atoms with Gasteiger partial charge < -0.3 is 0 Å². The summed E-state index contributed by atoms with van der Waals surface area (Å²) in [5, 5.41) is 14.3. The average Bonchev–Trinajstić information content (AvgIpc) is 2.83. The zero-order valence-corrected chi connectivity index (χ0v) is 11.0. The molecule has 0 unspecified atom stereocenters.